The standard InChI is InChI=1S/C26H27ClN4O4/c1-34-22-8-7-19(16-20(22)27)29-25(32)17-10-13-31(14-11-17)24-15-18(9-12-28-24)26(33)30-21-5-3-4-6-23(21)35-2/h3-9,12,15-17H,10-11,13-14H2,1-2H3,(H,29,32)(H,30,33). The van der Waals surface area contributed by atoms with Gasteiger partial charge in [0.1, 0.15) is 17.3 Å². The summed E-state index contributed by atoms with van der Waals surface area (Å²) >= 11 is 6.16. The van der Waals surface area contributed by atoms with Crippen molar-refractivity contribution in [3.05, 3.63) is 71.4 Å². The summed E-state index contributed by atoms with van der Waals surface area (Å²) < 4.78 is 10.5. The normalized spacial score (nSPS) is 13.7. The van der Waals surface area contributed by atoms with Crippen molar-refractivity contribution in [1.82, 2.24) is 4.98 Å². The zero-order chi connectivity index (χ0) is 24.8. The Morgan fingerprint density at radius 3 is 2.43 bits per heavy atom. The predicted molar refractivity (Wildman–Crippen MR) is 137 cm³/mol. The van der Waals surface area contributed by atoms with Gasteiger partial charge < -0.3 is 25.0 Å². The molecule has 1 aliphatic heterocycles. The Kier molecular flexibility index (Phi) is 7.72. The third-order valence-corrected chi connectivity index (χ3v) is 6.27. The van der Waals surface area contributed by atoms with Gasteiger partial charge in [-0.1, -0.05) is 23.7 Å². The van der Waals surface area contributed by atoms with Gasteiger partial charge in [-0.05, 0) is 55.3 Å². The average Bonchev–Trinajstić information content (AvgIpc) is 2.89. The number of para-hydroxylation sites is 2. The molecule has 9 heteroatoms. The molecule has 8 nitrogen and oxygen atoms in total. The zero-order valence-corrected chi connectivity index (χ0v) is 20.3. The van der Waals surface area contributed by atoms with E-state index < -0.39 is 0 Å². The van der Waals surface area contributed by atoms with Crippen LogP contribution in [0.25, 0.3) is 0 Å². The molecule has 0 unspecified atom stereocenters. The summed E-state index contributed by atoms with van der Waals surface area (Å²) in [7, 11) is 3.11. The summed E-state index contributed by atoms with van der Waals surface area (Å²) in [5.41, 5.74) is 1.74. The summed E-state index contributed by atoms with van der Waals surface area (Å²) in [4.78, 5) is 32.1. The fourth-order valence-corrected chi connectivity index (χ4v) is 4.29. The lowest BCUT2D eigenvalue weighted by atomic mass is 9.95. The Bertz CT molecular complexity index is 1210. The fraction of sp³-hybridized carbons (Fsp3) is 0.269. The van der Waals surface area contributed by atoms with E-state index in [1.807, 2.05) is 12.1 Å². The Labute approximate surface area is 209 Å². The smallest absolute Gasteiger partial charge is 0.255 e. The number of hydrogen-bond acceptors (Lipinski definition) is 6. The molecule has 2 heterocycles. The summed E-state index contributed by atoms with van der Waals surface area (Å²) in [6, 6.07) is 15.9. The van der Waals surface area contributed by atoms with Crippen molar-refractivity contribution in [1.29, 1.82) is 0 Å². The van der Waals surface area contributed by atoms with E-state index in [9.17, 15) is 9.59 Å². The summed E-state index contributed by atoms with van der Waals surface area (Å²) in [6.45, 7) is 1.32. The van der Waals surface area contributed by atoms with E-state index in [0.717, 1.165) is 0 Å². The highest BCUT2D eigenvalue weighted by molar-refractivity contribution is 6.32. The van der Waals surface area contributed by atoms with E-state index in [2.05, 4.69) is 20.5 Å². The van der Waals surface area contributed by atoms with Crippen LogP contribution in [0.15, 0.2) is 60.8 Å². The van der Waals surface area contributed by atoms with E-state index in [4.69, 9.17) is 21.1 Å². The molecule has 0 aliphatic carbocycles. The maximum absolute atomic E-state index is 12.8. The summed E-state index contributed by atoms with van der Waals surface area (Å²) in [5.74, 6) is 1.45. The van der Waals surface area contributed by atoms with Crippen LogP contribution in [0.1, 0.15) is 23.2 Å². The number of aromatic nitrogens is 1. The van der Waals surface area contributed by atoms with Crippen LogP contribution >= 0.6 is 11.6 Å². The van der Waals surface area contributed by atoms with Crippen LogP contribution in [-0.2, 0) is 4.79 Å². The fourth-order valence-electron chi connectivity index (χ4n) is 4.03. The molecule has 35 heavy (non-hydrogen) atoms. The minimum absolute atomic E-state index is 0.0382. The van der Waals surface area contributed by atoms with Crippen molar-refractivity contribution in [3.8, 4) is 11.5 Å². The summed E-state index contributed by atoms with van der Waals surface area (Å²) in [5, 5.41) is 6.27. The number of methoxy groups -OCH3 is 2. The van der Waals surface area contributed by atoms with Crippen molar-refractivity contribution >= 4 is 40.6 Å². The molecule has 2 N–H and O–H groups in total. The molecule has 1 saturated heterocycles. The number of pyridine rings is 1. The Morgan fingerprint density at radius 1 is 0.971 bits per heavy atom. The molecule has 2 amide bonds. The molecule has 4 rings (SSSR count). The van der Waals surface area contributed by atoms with Gasteiger partial charge in [-0.3, -0.25) is 9.59 Å². The van der Waals surface area contributed by atoms with Crippen LogP contribution in [0.3, 0.4) is 0 Å². The quantitative estimate of drug-likeness (QED) is 0.487. The first-order chi connectivity index (χ1) is 17.0. The molecule has 1 aromatic heterocycles. The van der Waals surface area contributed by atoms with E-state index in [1.165, 1.54) is 0 Å². The molecular weight excluding hydrogens is 468 g/mol. The van der Waals surface area contributed by atoms with Crippen molar-refractivity contribution < 1.29 is 19.1 Å². The molecular formula is C26H27ClN4O4. The number of benzene rings is 2. The Balaban J connectivity index is 1.35. The second-order valence-corrected chi connectivity index (χ2v) is 8.56. The van der Waals surface area contributed by atoms with E-state index >= 15 is 0 Å². The second-order valence-electron chi connectivity index (χ2n) is 8.16. The Morgan fingerprint density at radius 2 is 1.71 bits per heavy atom. The highest BCUT2D eigenvalue weighted by atomic mass is 35.5. The van der Waals surface area contributed by atoms with Crippen LogP contribution in [-0.4, -0.2) is 44.1 Å². The molecule has 1 aliphatic rings. The highest BCUT2D eigenvalue weighted by Crippen LogP contribution is 2.29. The van der Waals surface area contributed by atoms with Crippen LogP contribution in [0.2, 0.25) is 5.02 Å². The van der Waals surface area contributed by atoms with Crippen LogP contribution in [0, 0.1) is 5.92 Å². The molecule has 2 aromatic carbocycles. The van der Waals surface area contributed by atoms with E-state index in [-0.39, 0.29) is 17.7 Å². The number of halogens is 1. The van der Waals surface area contributed by atoms with E-state index in [0.29, 0.717) is 65.2 Å². The van der Waals surface area contributed by atoms with Crippen LogP contribution < -0.4 is 25.0 Å². The monoisotopic (exact) mass is 494 g/mol. The van der Waals surface area contributed by atoms with Crippen molar-refractivity contribution in [2.24, 2.45) is 5.92 Å². The van der Waals surface area contributed by atoms with Crippen molar-refractivity contribution in [2.45, 2.75) is 12.8 Å². The zero-order valence-electron chi connectivity index (χ0n) is 19.6. The van der Waals surface area contributed by atoms with Gasteiger partial charge in [-0.15, -0.1) is 0 Å². The first kappa shape index (κ1) is 24.3. The molecule has 182 valence electrons. The number of hydrogen-bond donors (Lipinski definition) is 2. The Hall–Kier alpha value is -3.78. The predicted octanol–water partition coefficient (Wildman–Crippen LogP) is 4.86. The highest BCUT2D eigenvalue weighted by Gasteiger charge is 2.26. The SMILES string of the molecule is COc1ccc(NC(=O)C2CCN(c3cc(C(=O)Nc4ccccc4OC)ccn3)CC2)cc1Cl. The van der Waals surface area contributed by atoms with Gasteiger partial charge in [0.2, 0.25) is 5.91 Å². The summed E-state index contributed by atoms with van der Waals surface area (Å²) in [6.07, 6.45) is 2.97. The van der Waals surface area contributed by atoms with Gasteiger partial charge in [-0.2, -0.15) is 0 Å². The number of carbonyl (C=O) groups is 2. The number of ether oxygens (including phenoxy) is 2. The molecule has 0 saturated carbocycles. The minimum atomic E-state index is -0.245. The molecule has 1 fully saturated rings. The molecule has 0 radical (unpaired) electrons. The van der Waals surface area contributed by atoms with Gasteiger partial charge in [-0.25, -0.2) is 4.98 Å². The number of rotatable bonds is 7. The molecule has 3 aromatic rings. The van der Waals surface area contributed by atoms with Crippen molar-refractivity contribution in [3.63, 3.8) is 0 Å². The maximum Gasteiger partial charge on any atom is 0.255 e. The lowest BCUT2D eigenvalue weighted by molar-refractivity contribution is -0.120. The third-order valence-electron chi connectivity index (χ3n) is 5.97. The topological polar surface area (TPSA) is 92.8 Å². The van der Waals surface area contributed by atoms with E-state index in [1.54, 1.807) is 62.9 Å². The number of nitrogens with one attached hydrogen (secondary N) is 2. The van der Waals surface area contributed by atoms with Gasteiger partial charge in [0.05, 0.1) is 24.9 Å². The van der Waals surface area contributed by atoms with Gasteiger partial charge in [0, 0.05) is 36.5 Å². The molecule has 0 bridgehead atoms. The van der Waals surface area contributed by atoms with Crippen LogP contribution in [0.4, 0.5) is 17.2 Å². The number of carbonyl (C=O) groups excluding carboxylic acids is 2. The first-order valence-electron chi connectivity index (χ1n) is 11.3. The number of anilines is 3. The van der Waals surface area contributed by atoms with Gasteiger partial charge in [0.25, 0.3) is 5.91 Å². The lowest BCUT2D eigenvalue weighted by Crippen LogP contribution is -2.38. The number of piperidine rings is 1. The second kappa shape index (κ2) is 11.1. The van der Waals surface area contributed by atoms with Gasteiger partial charge >= 0.3 is 0 Å². The largest absolute Gasteiger partial charge is 0.495 e. The van der Waals surface area contributed by atoms with Crippen LogP contribution in [0.5, 0.6) is 11.5 Å². The number of nitrogens with zero attached hydrogens (tertiary/aromatic N) is 2. The molecule has 0 spiro atoms. The minimum Gasteiger partial charge on any atom is -0.495 e. The van der Waals surface area contributed by atoms with Gasteiger partial charge in [0.15, 0.2) is 0 Å². The molecule has 0 atom stereocenters. The lowest BCUT2D eigenvalue weighted by Gasteiger charge is -2.32. The third kappa shape index (κ3) is 5.84. The first-order valence-corrected chi connectivity index (χ1v) is 11.7. The average molecular weight is 495 g/mol. The maximum atomic E-state index is 12.8. The number of amides is 2. The van der Waals surface area contributed by atoms with Crippen molar-refractivity contribution in [2.75, 3.05) is 42.8 Å².